The van der Waals surface area contributed by atoms with E-state index >= 15 is 8.42 Å². The predicted octanol–water partition coefficient (Wildman–Crippen LogP) is 5.03. The summed E-state index contributed by atoms with van der Waals surface area (Å²) in [5.41, 5.74) is 5.25. The van der Waals surface area contributed by atoms with E-state index in [1.165, 1.54) is 16.3 Å². The molecule has 2 saturated carbocycles. The SMILES string of the molecule is COc1ccc2c(c1)C1CC1(S(=O)(=O)N1C[C@@H](C)N(C)[C@@H](C)C1)Cn1c-2c(C2CCCCC2)c2ccc(C(=O)NS(=O)(=O)N3CCCC3)cc21. The highest BCUT2D eigenvalue weighted by Crippen LogP contribution is 2.64. The summed E-state index contributed by atoms with van der Waals surface area (Å²) in [4.78, 5) is 15.9. The summed E-state index contributed by atoms with van der Waals surface area (Å²) in [6, 6.07) is 11.7. The summed E-state index contributed by atoms with van der Waals surface area (Å²) in [6.45, 7) is 6.07. The molecule has 2 aromatic carbocycles. The largest absolute Gasteiger partial charge is 0.497 e. The fraction of sp³-hybridized carbons (Fsp3) is 0.595. The number of carbonyl (C=O) groups is 1. The Bertz CT molecular complexity index is 2060. The maximum Gasteiger partial charge on any atom is 0.304 e. The average Bonchev–Trinajstić information content (AvgIpc) is 3.44. The zero-order chi connectivity index (χ0) is 35.2. The van der Waals surface area contributed by atoms with Crippen molar-refractivity contribution in [2.24, 2.45) is 0 Å². The fourth-order valence-corrected chi connectivity index (χ4v) is 13.1. The number of fused-ring (bicyclic) bond motifs is 7. The highest BCUT2D eigenvalue weighted by molar-refractivity contribution is 7.91. The number of amides is 1. The van der Waals surface area contributed by atoms with Crippen molar-refractivity contribution in [1.29, 1.82) is 0 Å². The van der Waals surface area contributed by atoms with E-state index in [1.54, 1.807) is 23.5 Å². The number of nitrogens with one attached hydrogen (secondary N) is 1. The van der Waals surface area contributed by atoms with Crippen molar-refractivity contribution in [2.75, 3.05) is 40.3 Å². The van der Waals surface area contributed by atoms with Gasteiger partial charge in [-0.25, -0.2) is 13.1 Å². The summed E-state index contributed by atoms with van der Waals surface area (Å²) < 4.78 is 68.4. The zero-order valence-electron chi connectivity index (χ0n) is 29.5. The van der Waals surface area contributed by atoms with Crippen molar-refractivity contribution in [3.8, 4) is 17.0 Å². The third kappa shape index (κ3) is 5.33. The molecule has 5 aliphatic rings. The van der Waals surface area contributed by atoms with Gasteiger partial charge in [-0.3, -0.25) is 9.69 Å². The van der Waals surface area contributed by atoms with Crippen molar-refractivity contribution in [3.63, 3.8) is 0 Å². The second kappa shape index (κ2) is 12.3. The number of hydrogen-bond acceptors (Lipinski definition) is 7. The third-order valence-electron chi connectivity index (χ3n) is 12.5. The molecule has 3 aromatic rings. The van der Waals surface area contributed by atoms with Crippen LogP contribution in [-0.4, -0.2) is 98.0 Å². The molecule has 1 amide bonds. The van der Waals surface area contributed by atoms with Gasteiger partial charge in [0.2, 0.25) is 10.0 Å². The molecular weight excluding hydrogens is 675 g/mol. The van der Waals surface area contributed by atoms with Gasteiger partial charge in [-0.2, -0.15) is 17.0 Å². The van der Waals surface area contributed by atoms with Crippen LogP contribution < -0.4 is 9.46 Å². The molecule has 3 aliphatic heterocycles. The normalized spacial score (nSPS) is 28.1. The van der Waals surface area contributed by atoms with Crippen molar-refractivity contribution < 1.29 is 26.4 Å². The summed E-state index contributed by atoms with van der Waals surface area (Å²) in [5.74, 6) is 0.0909. The average molecular weight is 724 g/mol. The van der Waals surface area contributed by atoms with Gasteiger partial charge in [0.25, 0.3) is 5.91 Å². The van der Waals surface area contributed by atoms with Crippen LogP contribution >= 0.6 is 0 Å². The van der Waals surface area contributed by atoms with E-state index in [-0.39, 0.29) is 36.0 Å². The minimum absolute atomic E-state index is 0.0825. The number of piperazine rings is 1. The van der Waals surface area contributed by atoms with Crippen molar-refractivity contribution in [3.05, 3.63) is 53.1 Å². The van der Waals surface area contributed by atoms with Crippen LogP contribution in [0.4, 0.5) is 0 Å². The number of benzene rings is 2. The molecule has 0 bridgehead atoms. The molecule has 1 aromatic heterocycles. The first-order valence-corrected chi connectivity index (χ1v) is 21.1. The number of rotatable bonds is 7. The van der Waals surface area contributed by atoms with Crippen LogP contribution in [0.15, 0.2) is 36.4 Å². The lowest BCUT2D eigenvalue weighted by atomic mass is 9.81. The maximum atomic E-state index is 15.1. The van der Waals surface area contributed by atoms with Gasteiger partial charge in [0.05, 0.1) is 12.8 Å². The lowest BCUT2D eigenvalue weighted by Crippen LogP contribution is -2.58. The number of sulfonamides is 1. The van der Waals surface area contributed by atoms with Crippen LogP contribution in [-0.2, 0) is 26.8 Å². The molecule has 8 rings (SSSR count). The van der Waals surface area contributed by atoms with Gasteiger partial charge in [-0.05, 0) is 100 Å². The van der Waals surface area contributed by atoms with Gasteiger partial charge >= 0.3 is 10.2 Å². The number of ether oxygens (including phenoxy) is 1. The Labute approximate surface area is 296 Å². The van der Waals surface area contributed by atoms with Gasteiger partial charge in [0.15, 0.2) is 0 Å². The number of carbonyl (C=O) groups excluding carboxylic acids is 1. The number of aromatic nitrogens is 1. The Kier molecular flexibility index (Phi) is 8.41. The van der Waals surface area contributed by atoms with Crippen molar-refractivity contribution >= 4 is 37.0 Å². The molecule has 50 heavy (non-hydrogen) atoms. The molecule has 11 nitrogen and oxygen atoms in total. The molecule has 2 aliphatic carbocycles. The molecule has 0 spiro atoms. The number of methoxy groups -OCH3 is 1. The molecule has 0 radical (unpaired) electrons. The first-order chi connectivity index (χ1) is 23.9. The fourth-order valence-electron chi connectivity index (χ4n) is 9.42. The zero-order valence-corrected chi connectivity index (χ0v) is 31.2. The van der Waals surface area contributed by atoms with Crippen LogP contribution in [0.25, 0.3) is 22.2 Å². The lowest BCUT2D eigenvalue weighted by Gasteiger charge is -2.43. The number of hydrogen-bond donors (Lipinski definition) is 1. The Hall–Kier alpha value is -2.97. The summed E-state index contributed by atoms with van der Waals surface area (Å²) in [5, 5.41) is 1.00. The molecular formula is C37H49N5O6S2. The van der Waals surface area contributed by atoms with E-state index < -0.39 is 30.9 Å². The Morgan fingerprint density at radius 2 is 1.60 bits per heavy atom. The van der Waals surface area contributed by atoms with Crippen LogP contribution in [0.2, 0.25) is 0 Å². The van der Waals surface area contributed by atoms with Gasteiger partial charge in [0.1, 0.15) is 10.5 Å². The predicted molar refractivity (Wildman–Crippen MR) is 194 cm³/mol. The van der Waals surface area contributed by atoms with Gasteiger partial charge in [-0.15, -0.1) is 0 Å². The van der Waals surface area contributed by atoms with Crippen molar-refractivity contribution in [1.82, 2.24) is 22.8 Å². The highest BCUT2D eigenvalue weighted by Gasteiger charge is 2.68. The van der Waals surface area contributed by atoms with E-state index in [0.29, 0.717) is 38.3 Å². The molecule has 2 unspecified atom stereocenters. The van der Waals surface area contributed by atoms with Gasteiger partial charge < -0.3 is 9.30 Å². The van der Waals surface area contributed by atoms with Crippen LogP contribution in [0.1, 0.15) is 98.5 Å². The Morgan fingerprint density at radius 3 is 2.28 bits per heavy atom. The molecule has 270 valence electrons. The van der Waals surface area contributed by atoms with E-state index in [4.69, 9.17) is 4.74 Å². The summed E-state index contributed by atoms with van der Waals surface area (Å²) >= 11 is 0. The van der Waals surface area contributed by atoms with E-state index in [1.807, 2.05) is 18.2 Å². The second-order valence-electron chi connectivity index (χ2n) is 15.4. The van der Waals surface area contributed by atoms with E-state index in [0.717, 1.165) is 66.2 Å². The smallest absolute Gasteiger partial charge is 0.304 e. The Balaban J connectivity index is 1.31. The Morgan fingerprint density at radius 1 is 0.900 bits per heavy atom. The monoisotopic (exact) mass is 723 g/mol. The molecule has 4 heterocycles. The van der Waals surface area contributed by atoms with Crippen LogP contribution in [0.5, 0.6) is 5.75 Å². The molecule has 13 heteroatoms. The first-order valence-electron chi connectivity index (χ1n) is 18.2. The summed E-state index contributed by atoms with van der Waals surface area (Å²) in [7, 11) is -4.07. The lowest BCUT2D eigenvalue weighted by molar-refractivity contribution is 0.0979. The van der Waals surface area contributed by atoms with Gasteiger partial charge in [0, 0.05) is 72.8 Å². The van der Waals surface area contributed by atoms with E-state index in [2.05, 4.69) is 41.2 Å². The first kappa shape index (κ1) is 34.1. The molecule has 1 N–H and O–H groups in total. The number of likely N-dealkylation sites (N-methyl/N-ethyl adjacent to an activating group) is 1. The summed E-state index contributed by atoms with van der Waals surface area (Å²) in [6.07, 6.45) is 7.56. The molecule has 4 fully saturated rings. The minimum atomic E-state index is -3.97. The van der Waals surface area contributed by atoms with E-state index in [9.17, 15) is 13.2 Å². The third-order valence-corrected chi connectivity index (χ3v) is 16.6. The number of nitrogens with zero attached hydrogens (tertiary/aromatic N) is 4. The van der Waals surface area contributed by atoms with Crippen LogP contribution in [0.3, 0.4) is 0 Å². The van der Waals surface area contributed by atoms with Gasteiger partial charge in [-0.1, -0.05) is 25.3 Å². The standard InChI is InChI=1S/C37H49N5O6S2/c1-24-21-41(22-25(2)39(24)3)49(44,45)37-20-32(37)31-19-28(48-4)13-15-29(31)35-34(26-10-6-5-7-11-26)30-14-12-27(18-33(30)42(35)23-37)36(43)38-50(46,47)40-16-8-9-17-40/h12-15,18-19,24-26,32H,5-11,16-17,20-23H2,1-4H3,(H,38,43)/t24-,25+,32?,37?. The maximum absolute atomic E-state index is 15.1. The highest BCUT2D eigenvalue weighted by atomic mass is 32.2. The minimum Gasteiger partial charge on any atom is -0.497 e. The van der Waals surface area contributed by atoms with Crippen molar-refractivity contribution in [2.45, 2.75) is 100 Å². The molecule has 2 saturated heterocycles. The second-order valence-corrected chi connectivity index (χ2v) is 19.4. The molecule has 4 atom stereocenters. The topological polar surface area (TPSA) is 121 Å². The quantitative estimate of drug-likeness (QED) is 0.363. The van der Waals surface area contributed by atoms with Crippen LogP contribution in [0, 0.1) is 0 Å².